The minimum atomic E-state index is -1.32. The van der Waals surface area contributed by atoms with E-state index in [0.29, 0.717) is 0 Å². The first-order valence-electron chi connectivity index (χ1n) is 6.96. The normalized spacial score (nSPS) is 14.5. The fraction of sp³-hybridized carbons (Fsp3) is 0.600. The molecule has 1 N–H and O–H groups in total. The van der Waals surface area contributed by atoms with Crippen molar-refractivity contribution in [1.29, 1.82) is 0 Å². The molecule has 0 radical (unpaired) electrons. The lowest BCUT2D eigenvalue weighted by Gasteiger charge is -2.44. The van der Waals surface area contributed by atoms with E-state index in [1.165, 1.54) is 12.1 Å². The Morgan fingerprint density at radius 1 is 1.27 bits per heavy atom. The molecule has 126 valence electrons. The molecule has 0 aliphatic rings. The fourth-order valence-electron chi connectivity index (χ4n) is 1.39. The molecule has 0 saturated heterocycles. The second kappa shape index (κ2) is 7.30. The van der Waals surface area contributed by atoms with Gasteiger partial charge in [-0.3, -0.25) is 10.1 Å². The van der Waals surface area contributed by atoms with Crippen LogP contribution in [0.4, 0.5) is 5.69 Å². The van der Waals surface area contributed by atoms with Crippen LogP contribution in [-0.4, -0.2) is 46.6 Å². The van der Waals surface area contributed by atoms with Gasteiger partial charge in [0.1, 0.15) is 12.7 Å². The number of benzene rings is 1. The molecule has 1 rings (SSSR count). The van der Waals surface area contributed by atoms with Crippen LogP contribution in [0.1, 0.15) is 20.8 Å². The molecule has 1 aromatic carbocycles. The largest absolute Gasteiger partial charge is 0.484 e. The maximum absolute atomic E-state index is 10.9. The van der Waals surface area contributed by atoms with E-state index < -0.39 is 21.3 Å². The third-order valence-electron chi connectivity index (χ3n) is 3.52. The molecule has 0 aliphatic heterocycles. The molecule has 6 nitrogen and oxygen atoms in total. The number of para-hydroxylation sites is 2. The number of rotatable bonds is 7. The van der Waals surface area contributed by atoms with Crippen LogP contribution in [0.5, 0.6) is 5.75 Å². The topological polar surface area (TPSA) is 81.8 Å². The van der Waals surface area contributed by atoms with E-state index in [0.717, 1.165) is 0 Å². The first-order valence-corrected chi connectivity index (χ1v) is 9.33. The Balaban J connectivity index is 2.54. The van der Waals surface area contributed by atoms with Gasteiger partial charge >= 0.3 is 5.69 Å². The number of nitro benzene ring substituents is 1. The monoisotopic (exact) mass is 331 g/mol. The second-order valence-electron chi connectivity index (χ2n) is 6.32. The number of aliphatic hydroxyl groups excluding tert-OH is 1. The van der Waals surface area contributed by atoms with Gasteiger partial charge in [-0.2, -0.15) is 0 Å². The molecule has 1 atom stereocenters. The maximum Gasteiger partial charge on any atom is 0.310 e. The van der Waals surface area contributed by atoms with Crippen molar-refractivity contribution in [2.45, 2.75) is 31.6 Å². The number of ether oxygens (including phenoxy) is 1. The summed E-state index contributed by atoms with van der Waals surface area (Å²) in [6.07, 6.45) is 3.25. The summed E-state index contributed by atoms with van der Waals surface area (Å²) in [6.45, 7) is 6.38. The fourth-order valence-corrected chi connectivity index (χ4v) is 2.24. The Bertz CT molecular complexity index is 513. The lowest BCUT2D eigenvalue weighted by Crippen LogP contribution is -2.30. The van der Waals surface area contributed by atoms with Gasteiger partial charge in [0.05, 0.1) is 11.5 Å². The Morgan fingerprint density at radius 3 is 2.41 bits per heavy atom. The minimum Gasteiger partial charge on any atom is -0.484 e. The van der Waals surface area contributed by atoms with E-state index in [9.17, 15) is 15.2 Å². The Labute approximate surface area is 133 Å². The number of aliphatic hydroxyl groups is 1. The molecule has 0 bridgehead atoms. The van der Waals surface area contributed by atoms with Crippen LogP contribution in [0, 0.1) is 10.1 Å². The Hall–Kier alpha value is -1.31. The highest BCUT2D eigenvalue weighted by atomic mass is 32.3. The summed E-state index contributed by atoms with van der Waals surface area (Å²) in [7, 11) is -1.32. The lowest BCUT2D eigenvalue weighted by atomic mass is 10.3. The average molecular weight is 331 g/mol. The van der Waals surface area contributed by atoms with E-state index in [1.807, 2.05) is 12.5 Å². The summed E-state index contributed by atoms with van der Waals surface area (Å²) in [5, 5.41) is 20.8. The van der Waals surface area contributed by atoms with Gasteiger partial charge in [0, 0.05) is 10.8 Å². The molecule has 7 heteroatoms. The van der Waals surface area contributed by atoms with Crippen molar-refractivity contribution in [3.05, 3.63) is 34.4 Å². The predicted octanol–water partition coefficient (Wildman–Crippen LogP) is 3.13. The molecule has 0 saturated carbocycles. The van der Waals surface area contributed by atoms with E-state index in [2.05, 4.69) is 20.8 Å². The smallest absolute Gasteiger partial charge is 0.310 e. The first-order chi connectivity index (χ1) is 10.0. The van der Waals surface area contributed by atoms with Crippen LogP contribution >= 0.6 is 10.3 Å². The summed E-state index contributed by atoms with van der Waals surface area (Å²) in [4.78, 5) is 10.4. The zero-order valence-corrected chi connectivity index (χ0v) is 14.6. The zero-order valence-electron chi connectivity index (χ0n) is 13.7. The molecule has 0 aliphatic carbocycles. The van der Waals surface area contributed by atoms with Crippen LogP contribution in [0.25, 0.3) is 0 Å². The number of nitrogens with zero attached hydrogens (tertiary/aromatic N) is 1. The maximum atomic E-state index is 10.9. The van der Waals surface area contributed by atoms with Gasteiger partial charge in [0.2, 0.25) is 0 Å². The number of hydrogen-bond acceptors (Lipinski definition) is 5. The quantitative estimate of drug-likeness (QED) is 0.613. The van der Waals surface area contributed by atoms with Crippen molar-refractivity contribution in [2.24, 2.45) is 0 Å². The third-order valence-corrected chi connectivity index (χ3v) is 7.20. The standard InChI is InChI=1S/C15H25NO5S/c1-15(2,3)22(4,5)21-11-12(17)10-20-14-9-7-6-8-13(14)16(18)19/h6-9,12,17H,10-11H2,1-5H3. The molecule has 0 amide bonds. The van der Waals surface area contributed by atoms with Gasteiger partial charge in [-0.05, 0) is 18.6 Å². The van der Waals surface area contributed by atoms with Crippen LogP contribution < -0.4 is 4.74 Å². The zero-order chi connectivity index (χ0) is 17.0. The van der Waals surface area contributed by atoms with Gasteiger partial charge in [0.15, 0.2) is 5.75 Å². The lowest BCUT2D eigenvalue weighted by molar-refractivity contribution is -0.385. The summed E-state index contributed by atoms with van der Waals surface area (Å²) < 4.78 is 11.2. The molecule has 1 aromatic rings. The van der Waals surface area contributed by atoms with Crippen LogP contribution in [0.2, 0.25) is 0 Å². The molecule has 0 aromatic heterocycles. The van der Waals surface area contributed by atoms with E-state index >= 15 is 0 Å². The average Bonchev–Trinajstić information content (AvgIpc) is 2.42. The van der Waals surface area contributed by atoms with Crippen molar-refractivity contribution in [1.82, 2.24) is 0 Å². The molecular formula is C15H25NO5S. The predicted molar refractivity (Wildman–Crippen MR) is 89.7 cm³/mol. The summed E-state index contributed by atoms with van der Waals surface area (Å²) in [6, 6.07) is 6.10. The molecule has 0 heterocycles. The molecular weight excluding hydrogens is 306 g/mol. The highest BCUT2D eigenvalue weighted by molar-refractivity contribution is 8.29. The summed E-state index contributed by atoms with van der Waals surface area (Å²) in [5.41, 5.74) is -0.115. The van der Waals surface area contributed by atoms with Crippen molar-refractivity contribution < 1.29 is 18.9 Å². The van der Waals surface area contributed by atoms with Crippen molar-refractivity contribution >= 4 is 16.0 Å². The molecule has 0 fully saturated rings. The van der Waals surface area contributed by atoms with E-state index in [-0.39, 0.29) is 29.4 Å². The number of nitro groups is 1. The van der Waals surface area contributed by atoms with E-state index in [1.54, 1.807) is 12.1 Å². The molecule has 1 unspecified atom stereocenters. The van der Waals surface area contributed by atoms with Crippen LogP contribution in [0.3, 0.4) is 0 Å². The van der Waals surface area contributed by atoms with Gasteiger partial charge in [-0.15, -0.1) is 10.3 Å². The second-order valence-corrected chi connectivity index (χ2v) is 10.2. The van der Waals surface area contributed by atoms with Crippen LogP contribution in [-0.2, 0) is 4.18 Å². The van der Waals surface area contributed by atoms with E-state index in [4.69, 9.17) is 8.92 Å². The summed E-state index contributed by atoms with van der Waals surface area (Å²) in [5.74, 6) is 0.147. The third kappa shape index (κ3) is 5.15. The summed E-state index contributed by atoms with van der Waals surface area (Å²) >= 11 is 0. The molecule has 22 heavy (non-hydrogen) atoms. The Kier molecular flexibility index (Phi) is 6.22. The highest BCUT2D eigenvalue weighted by Crippen LogP contribution is 2.53. The van der Waals surface area contributed by atoms with Crippen LogP contribution in [0.15, 0.2) is 24.3 Å². The number of hydrogen-bond donors (Lipinski definition) is 1. The molecule has 0 spiro atoms. The highest BCUT2D eigenvalue weighted by Gasteiger charge is 2.29. The van der Waals surface area contributed by atoms with Crippen molar-refractivity contribution in [2.75, 3.05) is 25.7 Å². The van der Waals surface area contributed by atoms with Gasteiger partial charge in [-0.25, -0.2) is 0 Å². The first kappa shape index (κ1) is 18.7. The minimum absolute atomic E-state index is 0.00575. The van der Waals surface area contributed by atoms with Crippen molar-refractivity contribution in [3.63, 3.8) is 0 Å². The van der Waals surface area contributed by atoms with Gasteiger partial charge in [0.25, 0.3) is 0 Å². The van der Waals surface area contributed by atoms with Gasteiger partial charge < -0.3 is 14.0 Å². The SMILES string of the molecule is CC(C)(C)S(C)(C)OCC(O)COc1ccccc1[N+](=O)[O-]. The van der Waals surface area contributed by atoms with Crippen molar-refractivity contribution in [3.8, 4) is 5.75 Å². The Morgan fingerprint density at radius 2 is 1.86 bits per heavy atom. The van der Waals surface area contributed by atoms with Gasteiger partial charge in [-0.1, -0.05) is 32.9 Å².